The van der Waals surface area contributed by atoms with E-state index >= 15 is 0 Å². The Labute approximate surface area is 91.9 Å². The van der Waals surface area contributed by atoms with Crippen LogP contribution in [0.5, 0.6) is 5.88 Å². The molecule has 0 saturated carbocycles. The minimum absolute atomic E-state index is 0.528. The van der Waals surface area contributed by atoms with Crippen molar-refractivity contribution < 1.29 is 4.74 Å². The topological polar surface area (TPSA) is 61.0 Å². The zero-order chi connectivity index (χ0) is 10.7. The van der Waals surface area contributed by atoms with Crippen LogP contribution < -0.4 is 10.5 Å². The molecule has 0 aliphatic rings. The van der Waals surface area contributed by atoms with Gasteiger partial charge in [-0.15, -0.1) is 0 Å². The lowest BCUT2D eigenvalue weighted by atomic mass is 10.2. The second kappa shape index (κ2) is 4.37. The molecule has 0 amide bonds. The standard InChI is InChI=1S/C10H11N3OS/c1-14-10-4-7(2-3-12-10)9-5-8(6-11)15-13-9/h2-5H,6,11H2,1H3. The lowest BCUT2D eigenvalue weighted by Crippen LogP contribution is -1.91. The first-order chi connectivity index (χ1) is 7.33. The van der Waals surface area contributed by atoms with Gasteiger partial charge in [0.1, 0.15) is 0 Å². The Morgan fingerprint density at radius 2 is 2.33 bits per heavy atom. The lowest BCUT2D eigenvalue weighted by molar-refractivity contribution is 0.398. The molecule has 0 saturated heterocycles. The summed E-state index contributed by atoms with van der Waals surface area (Å²) in [6.07, 6.45) is 1.70. The molecule has 0 atom stereocenters. The van der Waals surface area contributed by atoms with Crippen LogP contribution in [0.1, 0.15) is 4.88 Å². The molecule has 0 aliphatic carbocycles. The van der Waals surface area contributed by atoms with Crippen LogP contribution in [0.15, 0.2) is 24.4 Å². The third-order valence-corrected chi connectivity index (χ3v) is 2.81. The number of ether oxygens (including phenoxy) is 1. The quantitative estimate of drug-likeness (QED) is 0.856. The second-order valence-corrected chi connectivity index (χ2v) is 3.86. The highest BCUT2D eigenvalue weighted by Gasteiger charge is 2.04. The fourth-order valence-electron chi connectivity index (χ4n) is 1.23. The van der Waals surface area contributed by atoms with Crippen molar-refractivity contribution in [1.82, 2.24) is 9.36 Å². The molecule has 2 aromatic heterocycles. The van der Waals surface area contributed by atoms with Gasteiger partial charge in [-0.2, -0.15) is 4.37 Å². The van der Waals surface area contributed by atoms with Gasteiger partial charge in [0.15, 0.2) is 0 Å². The molecule has 2 heterocycles. The summed E-state index contributed by atoms with van der Waals surface area (Å²) in [5, 5.41) is 0. The largest absolute Gasteiger partial charge is 0.481 e. The first kappa shape index (κ1) is 10.1. The highest BCUT2D eigenvalue weighted by atomic mass is 32.1. The molecule has 0 spiro atoms. The number of pyridine rings is 1. The average Bonchev–Trinajstić information content (AvgIpc) is 2.78. The fraction of sp³-hybridized carbons (Fsp3) is 0.200. The van der Waals surface area contributed by atoms with Crippen molar-refractivity contribution in [3.05, 3.63) is 29.3 Å². The van der Waals surface area contributed by atoms with Crippen molar-refractivity contribution >= 4 is 11.5 Å². The Hall–Kier alpha value is -1.46. The van der Waals surface area contributed by atoms with E-state index in [0.717, 1.165) is 16.1 Å². The molecule has 5 heteroatoms. The molecule has 15 heavy (non-hydrogen) atoms. The van der Waals surface area contributed by atoms with Gasteiger partial charge < -0.3 is 10.5 Å². The van der Waals surface area contributed by atoms with Crippen LogP contribution in [0.4, 0.5) is 0 Å². The molecule has 0 radical (unpaired) electrons. The zero-order valence-corrected chi connectivity index (χ0v) is 9.12. The van der Waals surface area contributed by atoms with Gasteiger partial charge in [-0.3, -0.25) is 0 Å². The predicted octanol–water partition coefficient (Wildman–Crippen LogP) is 1.67. The third kappa shape index (κ3) is 2.14. The van der Waals surface area contributed by atoms with Crippen molar-refractivity contribution in [2.45, 2.75) is 6.54 Å². The number of aromatic nitrogens is 2. The maximum absolute atomic E-state index is 5.53. The van der Waals surface area contributed by atoms with Crippen molar-refractivity contribution in [3.63, 3.8) is 0 Å². The van der Waals surface area contributed by atoms with E-state index in [2.05, 4.69) is 9.36 Å². The van der Waals surface area contributed by atoms with Gasteiger partial charge in [-0.25, -0.2) is 4.98 Å². The minimum atomic E-state index is 0.528. The highest BCUT2D eigenvalue weighted by Crippen LogP contribution is 2.23. The average molecular weight is 221 g/mol. The SMILES string of the molecule is COc1cc(-c2cc(CN)sn2)ccn1. The molecule has 0 aromatic carbocycles. The van der Waals surface area contributed by atoms with Crippen LogP contribution in [-0.4, -0.2) is 16.5 Å². The summed E-state index contributed by atoms with van der Waals surface area (Å²) < 4.78 is 9.36. The van der Waals surface area contributed by atoms with E-state index in [1.54, 1.807) is 13.3 Å². The van der Waals surface area contributed by atoms with Crippen molar-refractivity contribution in [2.24, 2.45) is 5.73 Å². The molecule has 2 N–H and O–H groups in total. The minimum Gasteiger partial charge on any atom is -0.481 e. The number of nitrogens with two attached hydrogens (primary N) is 1. The van der Waals surface area contributed by atoms with E-state index in [1.807, 2.05) is 18.2 Å². The van der Waals surface area contributed by atoms with E-state index < -0.39 is 0 Å². The molecular formula is C10H11N3OS. The predicted molar refractivity (Wildman–Crippen MR) is 59.8 cm³/mol. The van der Waals surface area contributed by atoms with Crippen LogP contribution in [0, 0.1) is 0 Å². The van der Waals surface area contributed by atoms with Gasteiger partial charge in [0.25, 0.3) is 0 Å². The van der Waals surface area contributed by atoms with E-state index in [0.29, 0.717) is 12.4 Å². The van der Waals surface area contributed by atoms with Crippen molar-refractivity contribution in [1.29, 1.82) is 0 Å². The maximum atomic E-state index is 5.53. The first-order valence-electron chi connectivity index (χ1n) is 4.49. The van der Waals surface area contributed by atoms with Gasteiger partial charge in [-0.1, -0.05) is 0 Å². The number of nitrogens with zero attached hydrogens (tertiary/aromatic N) is 2. The number of rotatable bonds is 3. The van der Waals surface area contributed by atoms with Crippen LogP contribution in [0.3, 0.4) is 0 Å². The number of methoxy groups -OCH3 is 1. The summed E-state index contributed by atoms with van der Waals surface area (Å²) in [5.41, 5.74) is 7.45. The molecular weight excluding hydrogens is 210 g/mol. The molecule has 2 rings (SSSR count). The maximum Gasteiger partial charge on any atom is 0.213 e. The smallest absolute Gasteiger partial charge is 0.213 e. The molecule has 2 aromatic rings. The summed E-state index contributed by atoms with van der Waals surface area (Å²) in [7, 11) is 1.60. The molecule has 0 fully saturated rings. The van der Waals surface area contributed by atoms with Gasteiger partial charge in [0.2, 0.25) is 5.88 Å². The Morgan fingerprint density at radius 1 is 1.47 bits per heavy atom. The van der Waals surface area contributed by atoms with E-state index in [9.17, 15) is 0 Å². The second-order valence-electron chi connectivity index (χ2n) is 2.97. The van der Waals surface area contributed by atoms with Gasteiger partial charge in [0, 0.05) is 29.2 Å². The van der Waals surface area contributed by atoms with Crippen LogP contribution in [-0.2, 0) is 6.54 Å². The summed E-state index contributed by atoms with van der Waals surface area (Å²) >= 11 is 1.42. The third-order valence-electron chi connectivity index (χ3n) is 2.00. The lowest BCUT2D eigenvalue weighted by Gasteiger charge is -1.99. The van der Waals surface area contributed by atoms with E-state index in [1.165, 1.54) is 11.5 Å². The first-order valence-corrected chi connectivity index (χ1v) is 5.27. The van der Waals surface area contributed by atoms with Crippen LogP contribution in [0.2, 0.25) is 0 Å². The number of hydrogen-bond acceptors (Lipinski definition) is 5. The van der Waals surface area contributed by atoms with Crippen LogP contribution in [0.25, 0.3) is 11.3 Å². The highest BCUT2D eigenvalue weighted by molar-refractivity contribution is 7.06. The molecule has 0 aliphatic heterocycles. The molecule has 78 valence electrons. The van der Waals surface area contributed by atoms with Crippen LogP contribution >= 0.6 is 11.5 Å². The van der Waals surface area contributed by atoms with Crippen molar-refractivity contribution in [2.75, 3.05) is 7.11 Å². The molecule has 0 unspecified atom stereocenters. The Morgan fingerprint density at radius 3 is 3.00 bits per heavy atom. The van der Waals surface area contributed by atoms with E-state index in [-0.39, 0.29) is 0 Å². The summed E-state index contributed by atoms with van der Waals surface area (Å²) in [5.74, 6) is 0.592. The Bertz CT molecular complexity index is 455. The Kier molecular flexibility index (Phi) is 2.94. The number of hydrogen-bond donors (Lipinski definition) is 1. The summed E-state index contributed by atoms with van der Waals surface area (Å²) in [6.45, 7) is 0.528. The Balaban J connectivity index is 2.35. The monoisotopic (exact) mass is 221 g/mol. The molecule has 4 nitrogen and oxygen atoms in total. The fourth-order valence-corrected chi connectivity index (χ4v) is 1.84. The van der Waals surface area contributed by atoms with E-state index in [4.69, 9.17) is 10.5 Å². The van der Waals surface area contributed by atoms with Crippen molar-refractivity contribution in [3.8, 4) is 17.1 Å². The zero-order valence-electron chi connectivity index (χ0n) is 8.30. The van der Waals surface area contributed by atoms with Gasteiger partial charge in [-0.05, 0) is 23.7 Å². The van der Waals surface area contributed by atoms with Gasteiger partial charge >= 0.3 is 0 Å². The normalized spacial score (nSPS) is 10.3. The summed E-state index contributed by atoms with van der Waals surface area (Å²) in [4.78, 5) is 5.11. The summed E-state index contributed by atoms with van der Waals surface area (Å²) in [6, 6.07) is 5.74. The van der Waals surface area contributed by atoms with Gasteiger partial charge in [0.05, 0.1) is 12.8 Å². The molecule has 0 bridgehead atoms.